The highest BCUT2D eigenvalue weighted by Gasteiger charge is 2.24. The van der Waals surface area contributed by atoms with Gasteiger partial charge in [-0.2, -0.15) is 0 Å². The Morgan fingerprint density at radius 3 is 2.62 bits per heavy atom. The molecule has 1 amide bonds. The van der Waals surface area contributed by atoms with E-state index in [2.05, 4.69) is 22.1 Å². The minimum absolute atomic E-state index is 0.0766. The van der Waals surface area contributed by atoms with E-state index in [1.807, 2.05) is 54.1 Å². The first kappa shape index (κ1) is 26.7. The summed E-state index contributed by atoms with van der Waals surface area (Å²) in [6.45, 7) is 8.28. The second kappa shape index (κ2) is 11.8. The largest absolute Gasteiger partial charge is 0.465 e. The lowest BCUT2D eigenvalue weighted by molar-refractivity contribution is -0.113. The Kier molecular flexibility index (Phi) is 8.48. The molecule has 0 aliphatic rings. The predicted molar refractivity (Wildman–Crippen MR) is 151 cm³/mol. The number of rotatable bonds is 9. The van der Waals surface area contributed by atoms with Crippen molar-refractivity contribution >= 4 is 51.6 Å². The number of halogens is 1. The van der Waals surface area contributed by atoms with Crippen molar-refractivity contribution in [2.75, 3.05) is 18.2 Å². The number of thioether (sulfide) groups is 1. The molecule has 0 aliphatic heterocycles. The standard InChI is InChI=1S/C27H25ClN4O3S2/c1-5-12-32-24(18-8-10-19(28)11-9-18)30-31-27(32)37-15-22(33)29-25-23(26(34)35-4)21(14-36-25)20-13-16(2)6-7-17(20)3/h5-11,13-14H,1,12,15H2,2-4H3,(H,29,33). The number of aromatic nitrogens is 3. The number of nitrogens with one attached hydrogen (secondary N) is 1. The quantitative estimate of drug-likeness (QED) is 0.142. The van der Waals surface area contributed by atoms with E-state index in [9.17, 15) is 9.59 Å². The molecule has 1 N–H and O–H groups in total. The average Bonchev–Trinajstić information content (AvgIpc) is 3.48. The highest BCUT2D eigenvalue weighted by molar-refractivity contribution is 7.99. The Morgan fingerprint density at radius 1 is 1.16 bits per heavy atom. The average molecular weight is 553 g/mol. The fraction of sp³-hybridized carbons (Fsp3) is 0.185. The van der Waals surface area contributed by atoms with Crippen LogP contribution in [0.1, 0.15) is 21.5 Å². The molecule has 190 valence electrons. The van der Waals surface area contributed by atoms with Gasteiger partial charge in [-0.25, -0.2) is 4.79 Å². The van der Waals surface area contributed by atoms with E-state index >= 15 is 0 Å². The summed E-state index contributed by atoms with van der Waals surface area (Å²) in [7, 11) is 1.33. The van der Waals surface area contributed by atoms with Gasteiger partial charge in [0.1, 0.15) is 10.6 Å². The summed E-state index contributed by atoms with van der Waals surface area (Å²) in [4.78, 5) is 25.6. The monoisotopic (exact) mass is 552 g/mol. The van der Waals surface area contributed by atoms with Gasteiger partial charge in [0.2, 0.25) is 5.91 Å². The molecule has 10 heteroatoms. The first-order valence-corrected chi connectivity index (χ1v) is 13.6. The summed E-state index contributed by atoms with van der Waals surface area (Å²) >= 11 is 8.56. The Hall–Kier alpha value is -3.40. The molecule has 2 aromatic heterocycles. The Balaban J connectivity index is 1.54. The second-order valence-corrected chi connectivity index (χ2v) is 10.5. The van der Waals surface area contributed by atoms with Gasteiger partial charge in [0.25, 0.3) is 0 Å². The van der Waals surface area contributed by atoms with Gasteiger partial charge < -0.3 is 10.1 Å². The lowest BCUT2D eigenvalue weighted by Gasteiger charge is -2.10. The highest BCUT2D eigenvalue weighted by Crippen LogP contribution is 2.38. The molecular formula is C27H25ClN4O3S2. The first-order chi connectivity index (χ1) is 17.8. The summed E-state index contributed by atoms with van der Waals surface area (Å²) in [5, 5.41) is 15.0. The van der Waals surface area contributed by atoms with Crippen LogP contribution in [0, 0.1) is 13.8 Å². The van der Waals surface area contributed by atoms with Crippen molar-refractivity contribution in [3.63, 3.8) is 0 Å². The van der Waals surface area contributed by atoms with Gasteiger partial charge in [-0.1, -0.05) is 53.2 Å². The van der Waals surface area contributed by atoms with E-state index < -0.39 is 5.97 Å². The van der Waals surface area contributed by atoms with Gasteiger partial charge in [-0.3, -0.25) is 9.36 Å². The van der Waals surface area contributed by atoms with Crippen molar-refractivity contribution in [1.29, 1.82) is 0 Å². The fourth-order valence-electron chi connectivity index (χ4n) is 3.77. The van der Waals surface area contributed by atoms with Crippen LogP contribution in [-0.4, -0.2) is 39.5 Å². The lowest BCUT2D eigenvalue weighted by Crippen LogP contribution is -2.16. The fourth-order valence-corrected chi connectivity index (χ4v) is 5.61. The van der Waals surface area contributed by atoms with Crippen LogP contribution in [0.25, 0.3) is 22.5 Å². The molecule has 4 aromatic rings. The molecule has 0 saturated heterocycles. The van der Waals surface area contributed by atoms with Crippen molar-refractivity contribution in [2.45, 2.75) is 25.5 Å². The number of allylic oxidation sites excluding steroid dienone is 1. The first-order valence-electron chi connectivity index (χ1n) is 11.3. The molecule has 7 nitrogen and oxygen atoms in total. The van der Waals surface area contributed by atoms with Gasteiger partial charge in [-0.15, -0.1) is 28.1 Å². The Bertz CT molecular complexity index is 1460. The molecule has 2 aromatic carbocycles. The van der Waals surface area contributed by atoms with Crippen LogP contribution in [0.5, 0.6) is 0 Å². The van der Waals surface area contributed by atoms with Gasteiger partial charge in [0.05, 0.1) is 12.9 Å². The summed E-state index contributed by atoms with van der Waals surface area (Å²) in [6, 6.07) is 13.4. The number of anilines is 1. The number of benzene rings is 2. The summed E-state index contributed by atoms with van der Waals surface area (Å²) in [5.74, 6) is -0.0410. The van der Waals surface area contributed by atoms with Crippen LogP contribution >= 0.6 is 34.7 Å². The number of carbonyl (C=O) groups excluding carboxylic acids is 2. The van der Waals surface area contributed by atoms with Crippen molar-refractivity contribution in [3.8, 4) is 22.5 Å². The zero-order valence-corrected chi connectivity index (χ0v) is 23.0. The Labute approximate surface area is 228 Å². The number of amides is 1. The lowest BCUT2D eigenvalue weighted by atomic mass is 9.97. The summed E-state index contributed by atoms with van der Waals surface area (Å²) in [5.41, 5.74) is 4.97. The van der Waals surface area contributed by atoms with Crippen molar-refractivity contribution in [1.82, 2.24) is 14.8 Å². The molecule has 37 heavy (non-hydrogen) atoms. The third kappa shape index (κ3) is 5.95. The number of ether oxygens (including phenoxy) is 1. The number of thiophene rings is 1. The molecule has 0 bridgehead atoms. The molecule has 0 saturated carbocycles. The number of hydrogen-bond donors (Lipinski definition) is 1. The molecular weight excluding hydrogens is 528 g/mol. The molecule has 0 spiro atoms. The van der Waals surface area contributed by atoms with E-state index in [1.165, 1.54) is 30.2 Å². The minimum atomic E-state index is -0.501. The second-order valence-electron chi connectivity index (χ2n) is 8.21. The molecule has 2 heterocycles. The highest BCUT2D eigenvalue weighted by atomic mass is 35.5. The van der Waals surface area contributed by atoms with Crippen molar-refractivity contribution in [3.05, 3.63) is 82.2 Å². The van der Waals surface area contributed by atoms with Crippen LogP contribution in [0.4, 0.5) is 5.00 Å². The van der Waals surface area contributed by atoms with Crippen LogP contribution in [0.3, 0.4) is 0 Å². The number of methoxy groups -OCH3 is 1. The number of esters is 1. The van der Waals surface area contributed by atoms with Gasteiger partial charge >= 0.3 is 5.97 Å². The maximum atomic E-state index is 12.9. The zero-order chi connectivity index (χ0) is 26.5. The van der Waals surface area contributed by atoms with Crippen molar-refractivity contribution in [2.24, 2.45) is 0 Å². The van der Waals surface area contributed by atoms with Gasteiger partial charge in [-0.05, 0) is 49.2 Å². The molecule has 4 rings (SSSR count). The smallest absolute Gasteiger partial charge is 0.341 e. The number of carbonyl (C=O) groups is 2. The SMILES string of the molecule is C=CCn1c(SCC(=O)Nc2scc(-c3cc(C)ccc3C)c2C(=O)OC)nnc1-c1ccc(Cl)cc1. The topological polar surface area (TPSA) is 86.1 Å². The summed E-state index contributed by atoms with van der Waals surface area (Å²) in [6.07, 6.45) is 1.75. The molecule has 0 unspecified atom stereocenters. The maximum absolute atomic E-state index is 12.9. The van der Waals surface area contributed by atoms with Crippen LogP contribution < -0.4 is 5.32 Å². The molecule has 0 atom stereocenters. The zero-order valence-electron chi connectivity index (χ0n) is 20.6. The summed E-state index contributed by atoms with van der Waals surface area (Å²) < 4.78 is 6.93. The van der Waals surface area contributed by atoms with Crippen LogP contribution in [-0.2, 0) is 16.1 Å². The third-order valence-electron chi connectivity index (χ3n) is 5.58. The minimum Gasteiger partial charge on any atom is -0.465 e. The number of aryl methyl sites for hydroxylation is 2. The number of hydrogen-bond acceptors (Lipinski definition) is 7. The van der Waals surface area contributed by atoms with E-state index in [0.29, 0.717) is 33.1 Å². The molecule has 0 radical (unpaired) electrons. The van der Waals surface area contributed by atoms with Crippen LogP contribution in [0.2, 0.25) is 5.02 Å². The third-order valence-corrected chi connectivity index (χ3v) is 7.69. The maximum Gasteiger partial charge on any atom is 0.341 e. The Morgan fingerprint density at radius 2 is 1.92 bits per heavy atom. The van der Waals surface area contributed by atoms with Gasteiger partial charge in [0, 0.05) is 28.1 Å². The van der Waals surface area contributed by atoms with E-state index in [-0.39, 0.29) is 11.7 Å². The molecule has 0 fully saturated rings. The van der Waals surface area contributed by atoms with E-state index in [0.717, 1.165) is 27.8 Å². The number of nitrogens with zero attached hydrogens (tertiary/aromatic N) is 3. The molecule has 0 aliphatic carbocycles. The van der Waals surface area contributed by atoms with E-state index in [4.69, 9.17) is 16.3 Å². The van der Waals surface area contributed by atoms with Gasteiger partial charge in [0.15, 0.2) is 11.0 Å². The van der Waals surface area contributed by atoms with E-state index in [1.54, 1.807) is 18.2 Å². The predicted octanol–water partition coefficient (Wildman–Crippen LogP) is 6.65. The van der Waals surface area contributed by atoms with Crippen molar-refractivity contribution < 1.29 is 14.3 Å². The normalized spacial score (nSPS) is 10.8. The van der Waals surface area contributed by atoms with Crippen LogP contribution in [0.15, 0.2) is 65.7 Å².